The molecule has 1 aliphatic rings. The number of benzene rings is 2. The van der Waals surface area contributed by atoms with Gasteiger partial charge in [0.15, 0.2) is 16.3 Å². The normalized spacial score (nSPS) is 15.1. The fourth-order valence-corrected chi connectivity index (χ4v) is 5.83. The van der Waals surface area contributed by atoms with Crippen molar-refractivity contribution in [3.8, 4) is 11.5 Å². The lowest BCUT2D eigenvalue weighted by Crippen LogP contribution is -2.40. The van der Waals surface area contributed by atoms with Gasteiger partial charge in [-0.1, -0.05) is 80.3 Å². The van der Waals surface area contributed by atoms with E-state index in [0.29, 0.717) is 54.3 Å². The molecule has 7 nitrogen and oxygen atoms in total. The maximum atomic E-state index is 13.9. The van der Waals surface area contributed by atoms with Crippen molar-refractivity contribution in [2.24, 2.45) is 10.9 Å². The zero-order chi connectivity index (χ0) is 29.7. The van der Waals surface area contributed by atoms with E-state index in [1.165, 1.54) is 11.3 Å². The number of allylic oxidation sites excluding steroid dienone is 1. The van der Waals surface area contributed by atoms with Gasteiger partial charge in [-0.15, -0.1) is 0 Å². The Morgan fingerprint density at radius 1 is 1.12 bits per heavy atom. The van der Waals surface area contributed by atoms with Crippen LogP contribution in [0, 0.1) is 5.92 Å². The molecule has 1 aliphatic heterocycles. The Balaban J connectivity index is 1.85. The zero-order valence-corrected chi connectivity index (χ0v) is 26.2. The summed E-state index contributed by atoms with van der Waals surface area (Å²) in [6.07, 6.45) is 4.84. The predicted molar refractivity (Wildman–Crippen MR) is 164 cm³/mol. The van der Waals surface area contributed by atoms with Crippen molar-refractivity contribution in [1.82, 2.24) is 4.57 Å². The topological polar surface area (TPSA) is 79.1 Å². The highest BCUT2D eigenvalue weighted by Crippen LogP contribution is 2.36. The van der Waals surface area contributed by atoms with Crippen LogP contribution in [0.25, 0.3) is 6.08 Å². The van der Waals surface area contributed by atoms with Crippen molar-refractivity contribution >= 4 is 46.6 Å². The number of aromatic nitrogens is 1. The van der Waals surface area contributed by atoms with Crippen molar-refractivity contribution in [2.75, 3.05) is 20.3 Å². The Bertz CT molecular complexity index is 1640. The van der Waals surface area contributed by atoms with Gasteiger partial charge in [-0.3, -0.25) is 9.36 Å². The standard InChI is InChI=1S/C31H34Cl2N2O5S/c1-6-7-8-13-39-24-12-10-21(16-25(24)38-5)28-27(30(37)40-17-18(2)3)19(4)34-31-35(28)29(36)26(41-31)15-20-9-11-22(32)23(33)14-20/h9-12,14-16,18,28H,6-8,13,17H2,1-5H3. The van der Waals surface area contributed by atoms with Gasteiger partial charge in [0.1, 0.15) is 0 Å². The van der Waals surface area contributed by atoms with E-state index in [1.807, 2.05) is 32.0 Å². The van der Waals surface area contributed by atoms with Crippen LogP contribution in [0.4, 0.5) is 0 Å². The van der Waals surface area contributed by atoms with Gasteiger partial charge in [-0.25, -0.2) is 9.79 Å². The van der Waals surface area contributed by atoms with Gasteiger partial charge in [0.2, 0.25) is 0 Å². The van der Waals surface area contributed by atoms with Gasteiger partial charge >= 0.3 is 5.97 Å². The molecule has 0 N–H and O–H groups in total. The summed E-state index contributed by atoms with van der Waals surface area (Å²) >= 11 is 13.5. The second-order valence-electron chi connectivity index (χ2n) is 10.2. The number of nitrogens with zero attached hydrogens (tertiary/aromatic N) is 2. The number of hydrogen-bond donors (Lipinski definition) is 0. The minimum atomic E-state index is -0.773. The van der Waals surface area contributed by atoms with Gasteiger partial charge in [0.25, 0.3) is 5.56 Å². The molecule has 2 aromatic carbocycles. The van der Waals surface area contributed by atoms with Crippen molar-refractivity contribution in [2.45, 2.75) is 53.0 Å². The summed E-state index contributed by atoms with van der Waals surface area (Å²) < 4.78 is 19.3. The Hall–Kier alpha value is -3.07. The first-order valence-corrected chi connectivity index (χ1v) is 15.2. The van der Waals surface area contributed by atoms with E-state index in [4.69, 9.17) is 37.4 Å². The molecule has 1 aromatic heterocycles. The Morgan fingerprint density at radius 2 is 1.90 bits per heavy atom. The predicted octanol–water partition coefficient (Wildman–Crippen LogP) is 6.32. The summed E-state index contributed by atoms with van der Waals surface area (Å²) in [4.78, 5) is 32.5. The monoisotopic (exact) mass is 616 g/mol. The van der Waals surface area contributed by atoms with Crippen molar-refractivity contribution < 1.29 is 19.0 Å². The number of esters is 1. The lowest BCUT2D eigenvalue weighted by Gasteiger charge is -2.25. The maximum Gasteiger partial charge on any atom is 0.338 e. The number of carbonyl (C=O) groups excluding carboxylic acids is 1. The lowest BCUT2D eigenvalue weighted by atomic mass is 9.95. The molecule has 41 heavy (non-hydrogen) atoms. The number of hydrogen-bond acceptors (Lipinski definition) is 7. The minimum absolute atomic E-state index is 0.148. The molecule has 218 valence electrons. The number of carbonyl (C=O) groups is 1. The molecule has 0 bridgehead atoms. The van der Waals surface area contributed by atoms with Crippen LogP contribution in [-0.4, -0.2) is 30.9 Å². The summed E-state index contributed by atoms with van der Waals surface area (Å²) in [5.74, 6) is 0.753. The van der Waals surface area contributed by atoms with Crippen LogP contribution in [0.15, 0.2) is 57.5 Å². The first-order valence-electron chi connectivity index (χ1n) is 13.6. The summed E-state index contributed by atoms with van der Waals surface area (Å²) in [5, 5.41) is 0.818. The van der Waals surface area contributed by atoms with Crippen molar-refractivity contribution in [3.05, 3.63) is 88.5 Å². The van der Waals surface area contributed by atoms with E-state index in [9.17, 15) is 9.59 Å². The van der Waals surface area contributed by atoms with E-state index >= 15 is 0 Å². The summed E-state index contributed by atoms with van der Waals surface area (Å²) in [6, 6.07) is 9.87. The Kier molecular flexibility index (Phi) is 10.3. The van der Waals surface area contributed by atoms with Crippen molar-refractivity contribution in [3.63, 3.8) is 0 Å². The molecule has 1 atom stereocenters. The molecule has 4 rings (SSSR count). The highest BCUT2D eigenvalue weighted by molar-refractivity contribution is 7.07. The van der Waals surface area contributed by atoms with Gasteiger partial charge < -0.3 is 14.2 Å². The third kappa shape index (κ3) is 7.05. The number of unbranched alkanes of at least 4 members (excludes halogenated alkanes) is 2. The van der Waals surface area contributed by atoms with E-state index in [-0.39, 0.29) is 18.1 Å². The maximum absolute atomic E-state index is 13.9. The molecule has 0 saturated heterocycles. The molecule has 0 amide bonds. The quantitative estimate of drug-likeness (QED) is 0.186. The largest absolute Gasteiger partial charge is 0.493 e. The van der Waals surface area contributed by atoms with Crippen molar-refractivity contribution in [1.29, 1.82) is 0 Å². The molecule has 0 fully saturated rings. The molecule has 0 aliphatic carbocycles. The van der Waals surface area contributed by atoms with Gasteiger partial charge in [-0.05, 0) is 60.7 Å². The lowest BCUT2D eigenvalue weighted by molar-refractivity contribution is -0.140. The molecule has 1 unspecified atom stereocenters. The average molecular weight is 618 g/mol. The fourth-order valence-electron chi connectivity index (χ4n) is 4.48. The van der Waals surface area contributed by atoms with Crippen LogP contribution in [0.2, 0.25) is 10.0 Å². The Labute approximate surface area is 253 Å². The molecule has 10 heteroatoms. The van der Waals surface area contributed by atoms with Gasteiger partial charge in [0, 0.05) is 0 Å². The van der Waals surface area contributed by atoms with Crippen LogP contribution in [0.5, 0.6) is 11.5 Å². The summed E-state index contributed by atoms with van der Waals surface area (Å²) in [6.45, 7) is 8.65. The third-order valence-corrected chi connectivity index (χ3v) is 8.26. The highest BCUT2D eigenvalue weighted by atomic mass is 35.5. The smallest absolute Gasteiger partial charge is 0.338 e. The van der Waals surface area contributed by atoms with Gasteiger partial charge in [-0.2, -0.15) is 0 Å². The molecule has 2 heterocycles. The SMILES string of the molecule is CCCCCOc1ccc(C2C(C(=O)OCC(C)C)=C(C)N=c3sc(=Cc4ccc(Cl)c(Cl)c4)c(=O)n32)cc1OC. The second kappa shape index (κ2) is 13.7. The number of halogens is 2. The van der Waals surface area contributed by atoms with E-state index in [2.05, 4.69) is 11.9 Å². The minimum Gasteiger partial charge on any atom is -0.493 e. The van der Waals surface area contributed by atoms with E-state index in [1.54, 1.807) is 42.9 Å². The fraction of sp³-hybridized carbons (Fsp3) is 0.387. The Morgan fingerprint density at radius 3 is 2.59 bits per heavy atom. The van der Waals surface area contributed by atoms with Crippen LogP contribution >= 0.6 is 34.5 Å². The molecule has 0 radical (unpaired) electrons. The molecular formula is C31H34Cl2N2O5S. The van der Waals surface area contributed by atoms with Crippen LogP contribution in [-0.2, 0) is 9.53 Å². The molecule has 3 aromatic rings. The summed E-state index contributed by atoms with van der Waals surface area (Å²) in [7, 11) is 1.57. The second-order valence-corrected chi connectivity index (χ2v) is 12.0. The molecule has 0 spiro atoms. The highest BCUT2D eigenvalue weighted by Gasteiger charge is 2.34. The van der Waals surface area contributed by atoms with Crippen LogP contribution in [0.1, 0.15) is 64.1 Å². The molecular weight excluding hydrogens is 583 g/mol. The van der Waals surface area contributed by atoms with Crippen LogP contribution < -0.4 is 24.4 Å². The number of fused-ring (bicyclic) bond motifs is 1. The van der Waals surface area contributed by atoms with E-state index < -0.39 is 12.0 Å². The van der Waals surface area contributed by atoms with E-state index in [0.717, 1.165) is 24.8 Å². The van der Waals surface area contributed by atoms with Gasteiger partial charge in [0.05, 0.1) is 52.2 Å². The zero-order valence-electron chi connectivity index (χ0n) is 23.8. The third-order valence-electron chi connectivity index (χ3n) is 6.54. The van der Waals surface area contributed by atoms with Crippen LogP contribution in [0.3, 0.4) is 0 Å². The first kappa shape index (κ1) is 30.9. The number of methoxy groups -OCH3 is 1. The molecule has 0 saturated carbocycles. The first-order chi connectivity index (χ1) is 19.6. The number of ether oxygens (including phenoxy) is 3. The summed E-state index contributed by atoms with van der Waals surface area (Å²) in [5.41, 5.74) is 1.91. The number of thiazole rings is 1. The average Bonchev–Trinajstić information content (AvgIpc) is 3.24. The number of rotatable bonds is 11.